The SMILES string of the molecule is CC1=C[C@@H]2c3cccc4c3c(cn4S(=O)(=O)c3ccc(C)cc3)C[C@H]2NC1. The van der Waals surface area contributed by atoms with Crippen molar-refractivity contribution >= 4 is 20.9 Å². The number of nitrogens with zero attached hydrogens (tertiary/aromatic N) is 1. The van der Waals surface area contributed by atoms with Gasteiger partial charge in [-0.3, -0.25) is 0 Å². The van der Waals surface area contributed by atoms with Crippen LogP contribution in [-0.2, 0) is 16.4 Å². The highest BCUT2D eigenvalue weighted by Gasteiger charge is 2.34. The maximum Gasteiger partial charge on any atom is 0.268 e. The standard InChI is InChI=1S/C22H22N2O2S/c1-14-6-8-17(9-7-14)27(25,26)24-13-16-11-20-19(10-15(2)12-23-20)18-4-3-5-21(24)22(16)18/h3-10,13,19-20,23H,11-12H2,1-2H3/t19-,20-/m1/s1. The quantitative estimate of drug-likeness (QED) is 0.691. The van der Waals surface area contributed by atoms with Crippen LogP contribution in [0.25, 0.3) is 10.9 Å². The predicted molar refractivity (Wildman–Crippen MR) is 108 cm³/mol. The lowest BCUT2D eigenvalue weighted by atomic mass is 9.78. The maximum absolute atomic E-state index is 13.3. The van der Waals surface area contributed by atoms with Crippen molar-refractivity contribution in [3.8, 4) is 0 Å². The molecular formula is C22H22N2O2S. The molecule has 0 bridgehead atoms. The van der Waals surface area contributed by atoms with Gasteiger partial charge in [-0.15, -0.1) is 0 Å². The summed E-state index contributed by atoms with van der Waals surface area (Å²) in [6.45, 7) is 5.00. The Kier molecular flexibility index (Phi) is 3.61. The van der Waals surface area contributed by atoms with E-state index < -0.39 is 10.0 Å². The molecule has 0 amide bonds. The molecule has 138 valence electrons. The summed E-state index contributed by atoms with van der Waals surface area (Å²) in [5.74, 6) is 0.299. The molecule has 5 heteroatoms. The molecule has 0 spiro atoms. The average molecular weight is 378 g/mol. The molecule has 0 unspecified atom stereocenters. The van der Waals surface area contributed by atoms with Gasteiger partial charge in [0, 0.05) is 30.1 Å². The highest BCUT2D eigenvalue weighted by atomic mass is 32.2. The smallest absolute Gasteiger partial charge is 0.268 e. The summed E-state index contributed by atoms with van der Waals surface area (Å²) in [5.41, 5.74) is 5.49. The van der Waals surface area contributed by atoms with E-state index in [0.29, 0.717) is 16.9 Å². The van der Waals surface area contributed by atoms with Crippen LogP contribution in [0.15, 0.2) is 65.2 Å². The molecule has 2 aromatic carbocycles. The van der Waals surface area contributed by atoms with Crippen LogP contribution in [0.5, 0.6) is 0 Å². The minimum Gasteiger partial charge on any atom is -0.309 e. The number of benzene rings is 2. The Morgan fingerprint density at radius 1 is 1.07 bits per heavy atom. The van der Waals surface area contributed by atoms with Gasteiger partial charge in [-0.25, -0.2) is 12.4 Å². The van der Waals surface area contributed by atoms with Gasteiger partial charge in [0.25, 0.3) is 10.0 Å². The van der Waals surface area contributed by atoms with Crippen molar-refractivity contribution in [2.24, 2.45) is 0 Å². The molecule has 2 aliphatic rings. The van der Waals surface area contributed by atoms with Crippen LogP contribution in [0.4, 0.5) is 0 Å². The Morgan fingerprint density at radius 3 is 2.63 bits per heavy atom. The first kappa shape index (κ1) is 16.8. The average Bonchev–Trinajstić information content (AvgIpc) is 3.03. The molecule has 2 heterocycles. The molecule has 3 aromatic rings. The van der Waals surface area contributed by atoms with Gasteiger partial charge in [0.2, 0.25) is 0 Å². The second-order valence-electron chi connectivity index (χ2n) is 7.74. The number of aromatic nitrogens is 1. The van der Waals surface area contributed by atoms with E-state index in [1.165, 1.54) is 15.1 Å². The first-order valence-corrected chi connectivity index (χ1v) is 10.7. The molecule has 27 heavy (non-hydrogen) atoms. The first-order valence-electron chi connectivity index (χ1n) is 9.31. The van der Waals surface area contributed by atoms with E-state index >= 15 is 0 Å². The minimum atomic E-state index is -3.62. The molecule has 0 saturated heterocycles. The molecule has 1 N–H and O–H groups in total. The fraction of sp³-hybridized carbons (Fsp3) is 0.273. The van der Waals surface area contributed by atoms with E-state index in [4.69, 9.17) is 0 Å². The Balaban J connectivity index is 1.73. The Morgan fingerprint density at radius 2 is 1.85 bits per heavy atom. The summed E-state index contributed by atoms with van der Waals surface area (Å²) in [7, 11) is -3.62. The Labute approximate surface area is 159 Å². The van der Waals surface area contributed by atoms with E-state index in [1.807, 2.05) is 37.4 Å². The van der Waals surface area contributed by atoms with Crippen molar-refractivity contribution < 1.29 is 8.42 Å². The lowest BCUT2D eigenvalue weighted by Crippen LogP contribution is -2.42. The van der Waals surface area contributed by atoms with Crippen molar-refractivity contribution in [2.45, 2.75) is 37.1 Å². The minimum absolute atomic E-state index is 0.299. The third-order valence-corrected chi connectivity index (χ3v) is 7.51. The number of hydrogen-bond acceptors (Lipinski definition) is 3. The van der Waals surface area contributed by atoms with Crippen LogP contribution in [0.3, 0.4) is 0 Å². The Hall–Kier alpha value is -2.37. The zero-order valence-electron chi connectivity index (χ0n) is 15.4. The Bertz CT molecular complexity index is 1190. The highest BCUT2D eigenvalue weighted by molar-refractivity contribution is 7.90. The van der Waals surface area contributed by atoms with Gasteiger partial charge >= 0.3 is 0 Å². The number of fused-ring (bicyclic) bond motifs is 2. The largest absolute Gasteiger partial charge is 0.309 e. The van der Waals surface area contributed by atoms with Crippen LogP contribution in [0.2, 0.25) is 0 Å². The normalized spacial score (nSPS) is 21.8. The monoisotopic (exact) mass is 378 g/mol. The summed E-state index contributed by atoms with van der Waals surface area (Å²) < 4.78 is 28.1. The number of nitrogens with one attached hydrogen (secondary N) is 1. The number of hydrogen-bond donors (Lipinski definition) is 1. The fourth-order valence-electron chi connectivity index (χ4n) is 4.47. The molecule has 5 rings (SSSR count). The van der Waals surface area contributed by atoms with Crippen LogP contribution in [-0.4, -0.2) is 25.0 Å². The summed E-state index contributed by atoms with van der Waals surface area (Å²) in [4.78, 5) is 0.326. The van der Waals surface area contributed by atoms with Crippen molar-refractivity contribution in [2.75, 3.05) is 6.54 Å². The van der Waals surface area contributed by atoms with Crippen molar-refractivity contribution in [3.05, 3.63) is 77.0 Å². The summed E-state index contributed by atoms with van der Waals surface area (Å²) in [6, 6.07) is 13.4. The second-order valence-corrected chi connectivity index (χ2v) is 9.55. The predicted octanol–water partition coefficient (Wildman–Crippen LogP) is 3.74. The van der Waals surface area contributed by atoms with Crippen LogP contribution >= 0.6 is 0 Å². The van der Waals surface area contributed by atoms with Crippen molar-refractivity contribution in [1.29, 1.82) is 0 Å². The fourth-order valence-corrected chi connectivity index (χ4v) is 5.85. The topological polar surface area (TPSA) is 51.1 Å². The van der Waals surface area contributed by atoms with Gasteiger partial charge in [-0.1, -0.05) is 41.5 Å². The van der Waals surface area contributed by atoms with E-state index in [2.05, 4.69) is 24.4 Å². The van der Waals surface area contributed by atoms with Crippen molar-refractivity contribution in [3.63, 3.8) is 0 Å². The molecule has 0 fully saturated rings. The maximum atomic E-state index is 13.3. The molecule has 0 saturated carbocycles. The highest BCUT2D eigenvalue weighted by Crippen LogP contribution is 2.41. The molecule has 0 radical (unpaired) electrons. The van der Waals surface area contributed by atoms with Gasteiger partial charge in [-0.2, -0.15) is 0 Å². The number of aryl methyl sites for hydroxylation is 1. The molecule has 1 aliphatic carbocycles. The lowest BCUT2D eigenvalue weighted by Gasteiger charge is -2.34. The zero-order valence-corrected chi connectivity index (χ0v) is 16.3. The van der Waals surface area contributed by atoms with Gasteiger partial charge in [0.1, 0.15) is 0 Å². The number of rotatable bonds is 2. The zero-order chi connectivity index (χ0) is 18.8. The van der Waals surface area contributed by atoms with Gasteiger partial charge < -0.3 is 5.32 Å². The second kappa shape index (κ2) is 5.81. The van der Waals surface area contributed by atoms with Gasteiger partial charge in [0.05, 0.1) is 10.4 Å². The van der Waals surface area contributed by atoms with Crippen molar-refractivity contribution in [1.82, 2.24) is 9.29 Å². The third-order valence-electron chi connectivity index (χ3n) is 5.82. The molecule has 4 nitrogen and oxygen atoms in total. The van der Waals surface area contributed by atoms with Gasteiger partial charge in [-0.05, 0) is 49.6 Å². The van der Waals surface area contributed by atoms with E-state index in [0.717, 1.165) is 35.0 Å². The van der Waals surface area contributed by atoms with Crippen LogP contribution in [0, 0.1) is 6.92 Å². The molecule has 1 aliphatic heterocycles. The third kappa shape index (κ3) is 2.49. The van der Waals surface area contributed by atoms with Crippen LogP contribution in [0.1, 0.15) is 29.5 Å². The van der Waals surface area contributed by atoms with E-state index in [-0.39, 0.29) is 0 Å². The van der Waals surface area contributed by atoms with E-state index in [9.17, 15) is 8.42 Å². The van der Waals surface area contributed by atoms with Crippen LogP contribution < -0.4 is 5.32 Å². The first-order chi connectivity index (χ1) is 12.9. The molecular weight excluding hydrogens is 356 g/mol. The summed E-state index contributed by atoms with van der Waals surface area (Å²) in [5, 5.41) is 4.71. The summed E-state index contributed by atoms with van der Waals surface area (Å²) >= 11 is 0. The van der Waals surface area contributed by atoms with E-state index in [1.54, 1.807) is 12.1 Å². The summed E-state index contributed by atoms with van der Waals surface area (Å²) in [6.07, 6.45) is 5.01. The molecule has 2 atom stereocenters. The van der Waals surface area contributed by atoms with Gasteiger partial charge in [0.15, 0.2) is 0 Å². The molecule has 1 aromatic heterocycles. The lowest BCUT2D eigenvalue weighted by molar-refractivity contribution is 0.462.